The predicted molar refractivity (Wildman–Crippen MR) is 78.7 cm³/mol. The Bertz CT molecular complexity index is 427. The van der Waals surface area contributed by atoms with Crippen LogP contribution in [0.3, 0.4) is 0 Å². The van der Waals surface area contributed by atoms with Crippen LogP contribution in [0.5, 0.6) is 0 Å². The molecule has 5 heteroatoms. The zero-order valence-electron chi connectivity index (χ0n) is 10.9. The fourth-order valence-electron chi connectivity index (χ4n) is 1.63. The second kappa shape index (κ2) is 7.36. The molecule has 3 atom stereocenters. The highest BCUT2D eigenvalue weighted by atomic mass is 79.9. The smallest absolute Gasteiger partial charge is 0.128 e. The second-order valence-electron chi connectivity index (χ2n) is 4.44. The Hall–Kier alpha value is -0.260. The zero-order chi connectivity index (χ0) is 13.7. The summed E-state index contributed by atoms with van der Waals surface area (Å²) in [4.78, 5) is 0. The lowest BCUT2D eigenvalue weighted by Crippen LogP contribution is -2.24. The van der Waals surface area contributed by atoms with Gasteiger partial charge >= 0.3 is 0 Å². The average molecular weight is 336 g/mol. The van der Waals surface area contributed by atoms with Gasteiger partial charge in [0.05, 0.1) is 0 Å². The molecule has 0 radical (unpaired) electrons. The Balaban J connectivity index is 2.52. The molecular weight excluding hydrogens is 317 g/mol. The first-order valence-electron chi connectivity index (χ1n) is 5.92. The number of nitrogens with one attached hydrogen (secondary N) is 1. The molecule has 0 fully saturated rings. The van der Waals surface area contributed by atoms with Gasteiger partial charge in [-0.1, -0.05) is 22.9 Å². The van der Waals surface area contributed by atoms with Crippen molar-refractivity contribution < 1.29 is 8.60 Å². The van der Waals surface area contributed by atoms with Crippen molar-refractivity contribution in [2.75, 3.05) is 12.8 Å². The van der Waals surface area contributed by atoms with Gasteiger partial charge in [0, 0.05) is 38.4 Å². The van der Waals surface area contributed by atoms with Crippen molar-refractivity contribution in [1.29, 1.82) is 0 Å². The van der Waals surface area contributed by atoms with Crippen LogP contribution in [0.4, 0.5) is 4.39 Å². The minimum atomic E-state index is -0.799. The molecule has 0 aromatic heterocycles. The molecule has 0 spiro atoms. The van der Waals surface area contributed by atoms with Gasteiger partial charge in [0.1, 0.15) is 5.82 Å². The Morgan fingerprint density at radius 3 is 2.72 bits per heavy atom. The number of benzene rings is 1. The lowest BCUT2D eigenvalue weighted by molar-refractivity contribution is 0.519. The van der Waals surface area contributed by atoms with E-state index >= 15 is 0 Å². The van der Waals surface area contributed by atoms with Crippen LogP contribution in [-0.4, -0.2) is 22.3 Å². The molecule has 3 unspecified atom stereocenters. The van der Waals surface area contributed by atoms with Gasteiger partial charge < -0.3 is 5.32 Å². The van der Waals surface area contributed by atoms with Crippen LogP contribution in [-0.2, 0) is 10.8 Å². The molecular formula is C13H19BrFNOS. The summed E-state index contributed by atoms with van der Waals surface area (Å²) in [5, 5.41) is 3.42. The third-order valence-electron chi connectivity index (χ3n) is 2.99. The summed E-state index contributed by atoms with van der Waals surface area (Å²) in [5.74, 6) is -0.203. The summed E-state index contributed by atoms with van der Waals surface area (Å²) in [6.07, 6.45) is 2.53. The van der Waals surface area contributed by atoms with Crippen molar-refractivity contribution in [3.8, 4) is 0 Å². The molecule has 1 aromatic carbocycles. The molecule has 0 aliphatic heterocycles. The Labute approximate surface area is 119 Å². The topological polar surface area (TPSA) is 29.1 Å². The van der Waals surface area contributed by atoms with Crippen LogP contribution in [0, 0.1) is 5.82 Å². The van der Waals surface area contributed by atoms with Crippen molar-refractivity contribution in [2.45, 2.75) is 31.6 Å². The van der Waals surface area contributed by atoms with E-state index in [0.717, 1.165) is 17.4 Å². The molecule has 2 nitrogen and oxygen atoms in total. The summed E-state index contributed by atoms with van der Waals surface area (Å²) >= 11 is 3.34. The molecule has 0 saturated carbocycles. The van der Waals surface area contributed by atoms with Gasteiger partial charge in [-0.05, 0) is 38.1 Å². The fraction of sp³-hybridized carbons (Fsp3) is 0.538. The first kappa shape index (κ1) is 15.8. The maximum atomic E-state index is 13.6. The van der Waals surface area contributed by atoms with Crippen molar-refractivity contribution in [2.24, 2.45) is 0 Å². The van der Waals surface area contributed by atoms with E-state index in [1.807, 2.05) is 13.8 Å². The zero-order valence-corrected chi connectivity index (χ0v) is 13.3. The van der Waals surface area contributed by atoms with Gasteiger partial charge in [-0.2, -0.15) is 0 Å². The molecule has 0 aliphatic carbocycles. The van der Waals surface area contributed by atoms with E-state index < -0.39 is 10.8 Å². The number of halogens is 2. The number of hydrogen-bond donors (Lipinski definition) is 1. The molecule has 0 heterocycles. The van der Waals surface area contributed by atoms with E-state index in [-0.39, 0.29) is 17.1 Å². The van der Waals surface area contributed by atoms with E-state index in [9.17, 15) is 8.60 Å². The lowest BCUT2D eigenvalue weighted by Gasteiger charge is -2.16. The third-order valence-corrected chi connectivity index (χ3v) is 4.85. The third kappa shape index (κ3) is 4.78. The quantitative estimate of drug-likeness (QED) is 0.863. The second-order valence-corrected chi connectivity index (χ2v) is 7.16. The molecule has 18 heavy (non-hydrogen) atoms. The van der Waals surface area contributed by atoms with Crippen LogP contribution in [0.25, 0.3) is 0 Å². The van der Waals surface area contributed by atoms with Crippen molar-refractivity contribution >= 4 is 26.7 Å². The molecule has 102 valence electrons. The maximum Gasteiger partial charge on any atom is 0.128 e. The van der Waals surface area contributed by atoms with Crippen LogP contribution in [0.15, 0.2) is 22.7 Å². The van der Waals surface area contributed by atoms with E-state index in [4.69, 9.17) is 0 Å². The normalized spacial score (nSPS) is 16.3. The summed E-state index contributed by atoms with van der Waals surface area (Å²) in [7, 11) is -0.799. The highest BCUT2D eigenvalue weighted by Gasteiger charge is 2.12. The van der Waals surface area contributed by atoms with Gasteiger partial charge in [0.25, 0.3) is 0 Å². The Morgan fingerprint density at radius 2 is 2.11 bits per heavy atom. The number of hydrogen-bond acceptors (Lipinski definition) is 2. The van der Waals surface area contributed by atoms with Crippen molar-refractivity contribution in [1.82, 2.24) is 5.32 Å². The van der Waals surface area contributed by atoms with Gasteiger partial charge in [-0.25, -0.2) is 4.39 Å². The molecule has 0 amide bonds. The van der Waals surface area contributed by atoms with Gasteiger partial charge in [-0.3, -0.25) is 4.21 Å². The van der Waals surface area contributed by atoms with E-state index in [0.29, 0.717) is 5.56 Å². The molecule has 1 N–H and O–H groups in total. The van der Waals surface area contributed by atoms with Gasteiger partial charge in [0.15, 0.2) is 0 Å². The summed E-state index contributed by atoms with van der Waals surface area (Å²) in [6, 6.07) is 4.88. The molecule has 1 rings (SSSR count). The highest BCUT2D eigenvalue weighted by Crippen LogP contribution is 2.21. The lowest BCUT2D eigenvalue weighted by atomic mass is 10.1. The molecule has 0 saturated heterocycles. The van der Waals surface area contributed by atoms with Crippen LogP contribution in [0.1, 0.15) is 31.9 Å². The Kier molecular flexibility index (Phi) is 6.46. The SMILES string of the molecule is CC(NCCC(C)S(C)=O)c1cc(Br)ccc1F. The van der Waals surface area contributed by atoms with Crippen molar-refractivity contribution in [3.05, 3.63) is 34.1 Å². The minimum absolute atomic E-state index is 0.0556. The Morgan fingerprint density at radius 1 is 1.44 bits per heavy atom. The van der Waals surface area contributed by atoms with Gasteiger partial charge in [-0.15, -0.1) is 0 Å². The maximum absolute atomic E-state index is 13.6. The van der Waals surface area contributed by atoms with Crippen LogP contribution >= 0.6 is 15.9 Å². The highest BCUT2D eigenvalue weighted by molar-refractivity contribution is 9.10. The van der Waals surface area contributed by atoms with Gasteiger partial charge in [0.2, 0.25) is 0 Å². The summed E-state index contributed by atoms with van der Waals surface area (Å²) < 4.78 is 25.7. The molecule has 1 aromatic rings. The number of rotatable bonds is 6. The van der Waals surface area contributed by atoms with E-state index in [1.54, 1.807) is 18.4 Å². The average Bonchev–Trinajstić information content (AvgIpc) is 2.31. The predicted octanol–water partition coefficient (Wildman–Crippen LogP) is 3.40. The monoisotopic (exact) mass is 335 g/mol. The standard InChI is InChI=1S/C13H19BrFNOS/c1-9(18(3)17)6-7-16-10(2)12-8-11(14)4-5-13(12)15/h4-5,8-10,16H,6-7H2,1-3H3. The largest absolute Gasteiger partial charge is 0.310 e. The minimum Gasteiger partial charge on any atom is -0.310 e. The fourth-order valence-corrected chi connectivity index (χ4v) is 2.45. The van der Waals surface area contributed by atoms with E-state index in [2.05, 4.69) is 21.2 Å². The van der Waals surface area contributed by atoms with Crippen LogP contribution in [0.2, 0.25) is 0 Å². The summed E-state index contributed by atoms with van der Waals surface area (Å²) in [5.41, 5.74) is 0.648. The van der Waals surface area contributed by atoms with Crippen LogP contribution < -0.4 is 5.32 Å². The first-order valence-corrected chi connectivity index (χ1v) is 8.33. The summed E-state index contributed by atoms with van der Waals surface area (Å²) in [6.45, 7) is 4.62. The first-order chi connectivity index (χ1) is 8.41. The molecule has 0 aliphatic rings. The van der Waals surface area contributed by atoms with Crippen molar-refractivity contribution in [3.63, 3.8) is 0 Å². The van der Waals surface area contributed by atoms with E-state index in [1.165, 1.54) is 6.07 Å². The molecule has 0 bridgehead atoms.